The molecule has 0 spiro atoms. The van der Waals surface area contributed by atoms with Crippen molar-refractivity contribution in [2.24, 2.45) is 0 Å². The summed E-state index contributed by atoms with van der Waals surface area (Å²) in [6.07, 6.45) is 2.35. The molecule has 0 aliphatic heterocycles. The molecule has 3 aromatic rings. The summed E-state index contributed by atoms with van der Waals surface area (Å²) in [7, 11) is 2.08. The van der Waals surface area contributed by atoms with Gasteiger partial charge in [0.15, 0.2) is 0 Å². The molecule has 4 heteroatoms. The molecule has 2 heterocycles. The van der Waals surface area contributed by atoms with Gasteiger partial charge in [-0.2, -0.15) is 0 Å². The van der Waals surface area contributed by atoms with Crippen molar-refractivity contribution in [3.05, 3.63) is 53.0 Å². The molecule has 0 bridgehead atoms. The topological polar surface area (TPSA) is 36.4 Å². The smallest absolute Gasteiger partial charge is 0.0950 e. The van der Waals surface area contributed by atoms with Crippen LogP contribution in [0.15, 0.2) is 41.8 Å². The first-order valence-corrected chi connectivity index (χ1v) is 8.50. The Labute approximate surface area is 133 Å². The van der Waals surface area contributed by atoms with Crippen molar-refractivity contribution in [1.29, 1.82) is 0 Å². The molecule has 2 aromatic heterocycles. The number of nitrogens with zero attached hydrogens (tertiary/aromatic N) is 2. The van der Waals surface area contributed by atoms with Crippen molar-refractivity contribution < 1.29 is 5.11 Å². The van der Waals surface area contributed by atoms with Crippen molar-refractivity contribution in [3.63, 3.8) is 0 Å². The molecule has 0 saturated carbocycles. The third-order valence-electron chi connectivity index (χ3n) is 4.38. The Bertz CT molecular complexity index is 813. The average Bonchev–Trinajstić information content (AvgIpc) is 3.07. The van der Waals surface area contributed by atoms with E-state index in [1.807, 2.05) is 12.1 Å². The Kier molecular flexibility index (Phi) is 3.36. The number of aryl methyl sites for hydroxylation is 1. The summed E-state index contributed by atoms with van der Waals surface area (Å²) in [5, 5.41) is 15.0. The number of para-hydroxylation sites is 1. The summed E-state index contributed by atoms with van der Waals surface area (Å²) in [4.78, 5) is 7.00. The van der Waals surface area contributed by atoms with Crippen LogP contribution in [-0.4, -0.2) is 17.1 Å². The maximum Gasteiger partial charge on any atom is 0.0950 e. The molecule has 1 N–H and O–H groups in total. The molecular formula is C18H18N2OS. The van der Waals surface area contributed by atoms with Crippen LogP contribution in [-0.2, 0) is 6.42 Å². The summed E-state index contributed by atoms with van der Waals surface area (Å²) in [5.74, 6) is 0. The molecule has 1 aliphatic rings. The van der Waals surface area contributed by atoms with Gasteiger partial charge in [-0.1, -0.05) is 18.2 Å². The highest BCUT2D eigenvalue weighted by Crippen LogP contribution is 2.43. The van der Waals surface area contributed by atoms with Crippen molar-refractivity contribution in [2.45, 2.75) is 25.4 Å². The van der Waals surface area contributed by atoms with E-state index in [0.29, 0.717) is 0 Å². The number of thiophene rings is 1. The summed E-state index contributed by atoms with van der Waals surface area (Å²) in [5.41, 5.74) is 4.18. The highest BCUT2D eigenvalue weighted by molar-refractivity contribution is 7.14. The Morgan fingerprint density at radius 1 is 1.23 bits per heavy atom. The zero-order valence-electron chi connectivity index (χ0n) is 12.5. The number of aliphatic hydroxyl groups excluding tert-OH is 1. The molecule has 1 aromatic carbocycles. The lowest BCUT2D eigenvalue weighted by molar-refractivity contribution is 0.156. The van der Waals surface area contributed by atoms with E-state index in [1.165, 1.54) is 5.00 Å². The maximum absolute atomic E-state index is 10.6. The van der Waals surface area contributed by atoms with E-state index in [2.05, 4.69) is 41.6 Å². The zero-order valence-corrected chi connectivity index (χ0v) is 13.3. The standard InChI is InChI=1S/C18H18N2OS/c1-20(16-10-5-11-22-16)18-12-6-2-3-7-13(12)19-14-8-4-9-15(21)17(14)18/h2-3,5-7,10-11,15,21H,4,8-9H2,1H3. The van der Waals surface area contributed by atoms with Crippen LogP contribution in [0.3, 0.4) is 0 Å². The molecule has 22 heavy (non-hydrogen) atoms. The number of hydrogen-bond donors (Lipinski definition) is 1. The zero-order chi connectivity index (χ0) is 15.1. The van der Waals surface area contributed by atoms with Gasteiger partial charge in [-0.25, -0.2) is 0 Å². The third-order valence-corrected chi connectivity index (χ3v) is 5.32. The lowest BCUT2D eigenvalue weighted by Gasteiger charge is -2.29. The predicted octanol–water partition coefficient (Wildman–Crippen LogP) is 4.43. The third kappa shape index (κ3) is 2.11. The number of hydrogen-bond acceptors (Lipinski definition) is 4. The number of pyridine rings is 1. The predicted molar refractivity (Wildman–Crippen MR) is 92.0 cm³/mol. The summed E-state index contributed by atoms with van der Waals surface area (Å²) >= 11 is 1.71. The molecule has 1 aliphatic carbocycles. The summed E-state index contributed by atoms with van der Waals surface area (Å²) in [6, 6.07) is 12.4. The fraction of sp³-hybridized carbons (Fsp3) is 0.278. The first-order valence-electron chi connectivity index (χ1n) is 7.62. The summed E-state index contributed by atoms with van der Waals surface area (Å²) in [6.45, 7) is 0. The van der Waals surface area contributed by atoms with Gasteiger partial charge in [0.2, 0.25) is 0 Å². The van der Waals surface area contributed by atoms with Crippen molar-refractivity contribution >= 4 is 32.9 Å². The number of rotatable bonds is 2. The van der Waals surface area contributed by atoms with Crippen LogP contribution < -0.4 is 4.90 Å². The lowest BCUT2D eigenvalue weighted by Crippen LogP contribution is -2.19. The van der Waals surface area contributed by atoms with Crippen LogP contribution in [0, 0.1) is 0 Å². The number of anilines is 2. The molecular weight excluding hydrogens is 292 g/mol. The van der Waals surface area contributed by atoms with E-state index in [4.69, 9.17) is 4.98 Å². The van der Waals surface area contributed by atoms with Crippen molar-refractivity contribution in [1.82, 2.24) is 4.98 Å². The van der Waals surface area contributed by atoms with Crippen molar-refractivity contribution in [3.8, 4) is 0 Å². The van der Waals surface area contributed by atoms with Crippen LogP contribution >= 0.6 is 11.3 Å². The molecule has 1 unspecified atom stereocenters. The second kappa shape index (κ2) is 5.38. The Hall–Kier alpha value is -1.91. The SMILES string of the molecule is CN(c1cccs1)c1c2c(nc3ccccc13)CCCC2O. The lowest BCUT2D eigenvalue weighted by atomic mass is 9.90. The van der Waals surface area contributed by atoms with Crippen LogP contribution in [0.4, 0.5) is 10.7 Å². The van der Waals surface area contributed by atoms with Gasteiger partial charge < -0.3 is 10.0 Å². The van der Waals surface area contributed by atoms with E-state index in [-0.39, 0.29) is 0 Å². The van der Waals surface area contributed by atoms with Crippen molar-refractivity contribution in [2.75, 3.05) is 11.9 Å². The van der Waals surface area contributed by atoms with Gasteiger partial charge in [-0.3, -0.25) is 4.98 Å². The molecule has 0 fully saturated rings. The second-order valence-electron chi connectivity index (χ2n) is 5.76. The highest BCUT2D eigenvalue weighted by Gasteiger charge is 2.27. The van der Waals surface area contributed by atoms with Crippen LogP contribution in [0.25, 0.3) is 10.9 Å². The Balaban J connectivity index is 2.03. The van der Waals surface area contributed by atoms with E-state index in [0.717, 1.165) is 47.1 Å². The normalized spacial score (nSPS) is 17.5. The molecule has 3 nitrogen and oxygen atoms in total. The quantitative estimate of drug-likeness (QED) is 0.760. The minimum absolute atomic E-state index is 0.418. The van der Waals surface area contributed by atoms with Gasteiger partial charge in [0.05, 0.1) is 22.3 Å². The van der Waals surface area contributed by atoms with Gasteiger partial charge in [0, 0.05) is 23.7 Å². The minimum atomic E-state index is -0.418. The van der Waals surface area contributed by atoms with Gasteiger partial charge >= 0.3 is 0 Å². The number of aliphatic hydroxyl groups is 1. The molecule has 112 valence electrons. The van der Waals surface area contributed by atoms with Gasteiger partial charge in [-0.15, -0.1) is 11.3 Å². The Morgan fingerprint density at radius 3 is 2.91 bits per heavy atom. The first-order chi connectivity index (χ1) is 10.8. The number of aromatic nitrogens is 1. The number of benzene rings is 1. The van der Waals surface area contributed by atoms with E-state index in [9.17, 15) is 5.11 Å². The minimum Gasteiger partial charge on any atom is -0.388 e. The second-order valence-corrected chi connectivity index (χ2v) is 6.68. The highest BCUT2D eigenvalue weighted by atomic mass is 32.1. The average molecular weight is 310 g/mol. The van der Waals surface area contributed by atoms with E-state index in [1.54, 1.807) is 11.3 Å². The van der Waals surface area contributed by atoms with Crippen LogP contribution in [0.5, 0.6) is 0 Å². The van der Waals surface area contributed by atoms with Gasteiger partial charge in [0.25, 0.3) is 0 Å². The fourth-order valence-electron chi connectivity index (χ4n) is 3.34. The largest absolute Gasteiger partial charge is 0.388 e. The number of fused-ring (bicyclic) bond motifs is 2. The van der Waals surface area contributed by atoms with Crippen LogP contribution in [0.1, 0.15) is 30.2 Å². The summed E-state index contributed by atoms with van der Waals surface area (Å²) < 4.78 is 0. The maximum atomic E-state index is 10.6. The molecule has 0 radical (unpaired) electrons. The van der Waals surface area contributed by atoms with Gasteiger partial charge in [0.1, 0.15) is 0 Å². The molecule has 1 atom stereocenters. The monoisotopic (exact) mass is 310 g/mol. The van der Waals surface area contributed by atoms with Gasteiger partial charge in [-0.05, 0) is 42.8 Å². The Morgan fingerprint density at radius 2 is 2.09 bits per heavy atom. The van der Waals surface area contributed by atoms with E-state index < -0.39 is 6.10 Å². The first kappa shape index (κ1) is 13.7. The van der Waals surface area contributed by atoms with Crippen LogP contribution in [0.2, 0.25) is 0 Å². The molecule has 0 amide bonds. The fourth-order valence-corrected chi connectivity index (χ4v) is 4.04. The molecule has 4 rings (SSSR count). The van der Waals surface area contributed by atoms with E-state index >= 15 is 0 Å². The molecule has 0 saturated heterocycles.